The number of benzene rings is 1. The van der Waals surface area contributed by atoms with Gasteiger partial charge in [-0.1, -0.05) is 0 Å². The molecule has 16 heavy (non-hydrogen) atoms. The van der Waals surface area contributed by atoms with E-state index in [0.29, 0.717) is 23.8 Å². The number of methoxy groups -OCH3 is 2. The Hall–Kier alpha value is -1.07. The lowest BCUT2D eigenvalue weighted by Gasteiger charge is -2.09. The molecule has 1 aromatic rings. The molecule has 0 aliphatic heterocycles. The molecule has 4 nitrogen and oxygen atoms in total. The fourth-order valence-electron chi connectivity index (χ4n) is 1.33. The largest absolute Gasteiger partial charge is 0.496 e. The Labute approximate surface area is 98.2 Å². The Morgan fingerprint density at radius 1 is 1.38 bits per heavy atom. The van der Waals surface area contributed by atoms with E-state index in [-0.39, 0.29) is 0 Å². The molecular weight excluding hydrogens is 226 g/mol. The molecule has 0 bridgehead atoms. The van der Waals surface area contributed by atoms with Crippen molar-refractivity contribution in [1.29, 1.82) is 0 Å². The van der Waals surface area contributed by atoms with Crippen molar-refractivity contribution in [3.8, 4) is 5.75 Å². The van der Waals surface area contributed by atoms with Crippen molar-refractivity contribution in [3.63, 3.8) is 0 Å². The van der Waals surface area contributed by atoms with E-state index >= 15 is 0 Å². The van der Waals surface area contributed by atoms with Gasteiger partial charge in [0.1, 0.15) is 5.75 Å². The maximum atomic E-state index is 11.7. The van der Waals surface area contributed by atoms with E-state index in [9.17, 15) is 4.21 Å². The average molecular weight is 243 g/mol. The first-order chi connectivity index (χ1) is 7.67. The molecule has 90 valence electrons. The lowest BCUT2D eigenvalue weighted by molar-refractivity contribution is 0.218. The second-order valence-corrected chi connectivity index (χ2v) is 4.93. The van der Waals surface area contributed by atoms with Crippen molar-refractivity contribution in [3.05, 3.63) is 23.8 Å². The van der Waals surface area contributed by atoms with Crippen LogP contribution < -0.4 is 10.5 Å². The maximum Gasteiger partial charge on any atom is 0.123 e. The van der Waals surface area contributed by atoms with Gasteiger partial charge in [0.25, 0.3) is 0 Å². The Morgan fingerprint density at radius 3 is 2.75 bits per heavy atom. The molecule has 0 amide bonds. The molecule has 1 aromatic carbocycles. The average Bonchev–Trinajstić information content (AvgIpc) is 2.27. The zero-order valence-corrected chi connectivity index (χ0v) is 10.4. The molecule has 1 atom stereocenters. The van der Waals surface area contributed by atoms with Gasteiger partial charge in [0.2, 0.25) is 0 Å². The molecule has 1 rings (SSSR count). The van der Waals surface area contributed by atoms with E-state index < -0.39 is 10.8 Å². The molecule has 2 N–H and O–H groups in total. The van der Waals surface area contributed by atoms with Crippen molar-refractivity contribution in [1.82, 2.24) is 0 Å². The third kappa shape index (κ3) is 3.83. The molecular formula is C11H17NO3S. The van der Waals surface area contributed by atoms with Crippen LogP contribution >= 0.6 is 0 Å². The molecule has 0 aliphatic carbocycles. The van der Waals surface area contributed by atoms with Crippen LogP contribution in [0.25, 0.3) is 0 Å². The number of nitrogens with two attached hydrogens (primary N) is 1. The summed E-state index contributed by atoms with van der Waals surface area (Å²) in [6.45, 7) is 0.497. The van der Waals surface area contributed by atoms with Crippen LogP contribution in [0.2, 0.25) is 0 Å². The zero-order valence-electron chi connectivity index (χ0n) is 9.56. The molecule has 0 radical (unpaired) electrons. The summed E-state index contributed by atoms with van der Waals surface area (Å²) in [7, 11) is 2.23. The second kappa shape index (κ2) is 6.50. The highest BCUT2D eigenvalue weighted by atomic mass is 32.2. The number of ether oxygens (including phenoxy) is 2. The predicted molar refractivity (Wildman–Crippen MR) is 66.0 cm³/mol. The number of rotatable bonds is 6. The molecule has 0 spiro atoms. The molecule has 1 unspecified atom stereocenters. The molecule has 0 saturated carbocycles. The number of anilines is 1. The van der Waals surface area contributed by atoms with Crippen LogP contribution in [0.3, 0.4) is 0 Å². The lowest BCUT2D eigenvalue weighted by atomic mass is 10.2. The van der Waals surface area contributed by atoms with Crippen LogP contribution in [0.1, 0.15) is 5.56 Å². The normalized spacial score (nSPS) is 12.4. The van der Waals surface area contributed by atoms with E-state index in [1.165, 1.54) is 0 Å². The monoisotopic (exact) mass is 243 g/mol. The van der Waals surface area contributed by atoms with Gasteiger partial charge in [-0.25, -0.2) is 0 Å². The van der Waals surface area contributed by atoms with Crippen LogP contribution in [0.5, 0.6) is 5.75 Å². The molecule has 0 aromatic heterocycles. The summed E-state index contributed by atoms with van der Waals surface area (Å²) in [6, 6.07) is 5.35. The minimum Gasteiger partial charge on any atom is -0.496 e. The quantitative estimate of drug-likeness (QED) is 0.762. The van der Waals surface area contributed by atoms with Gasteiger partial charge in [-0.2, -0.15) is 0 Å². The highest BCUT2D eigenvalue weighted by molar-refractivity contribution is 7.84. The van der Waals surface area contributed by atoms with Gasteiger partial charge < -0.3 is 15.2 Å². The molecule has 5 heteroatoms. The summed E-state index contributed by atoms with van der Waals surface area (Å²) < 4.78 is 21.8. The van der Waals surface area contributed by atoms with E-state index in [0.717, 1.165) is 11.3 Å². The summed E-state index contributed by atoms with van der Waals surface area (Å²) in [6.07, 6.45) is 0. The summed E-state index contributed by atoms with van der Waals surface area (Å²) in [5, 5.41) is 0. The van der Waals surface area contributed by atoms with Gasteiger partial charge in [0.15, 0.2) is 0 Å². The third-order valence-electron chi connectivity index (χ3n) is 2.14. The lowest BCUT2D eigenvalue weighted by Crippen LogP contribution is -2.07. The summed E-state index contributed by atoms with van der Waals surface area (Å²) in [4.78, 5) is 0. The van der Waals surface area contributed by atoms with Gasteiger partial charge in [0.05, 0.1) is 19.5 Å². The van der Waals surface area contributed by atoms with Crippen LogP contribution in [0.15, 0.2) is 18.2 Å². The number of nitrogen functional groups attached to an aromatic ring is 1. The fraction of sp³-hybridized carbons (Fsp3) is 0.455. The van der Waals surface area contributed by atoms with Crippen molar-refractivity contribution in [2.24, 2.45) is 0 Å². The Bertz CT molecular complexity index is 368. The van der Waals surface area contributed by atoms with Gasteiger partial charge in [-0.05, 0) is 18.2 Å². The van der Waals surface area contributed by atoms with E-state index in [4.69, 9.17) is 15.2 Å². The first-order valence-corrected chi connectivity index (χ1v) is 6.42. The highest BCUT2D eigenvalue weighted by Crippen LogP contribution is 2.22. The van der Waals surface area contributed by atoms with E-state index in [1.807, 2.05) is 0 Å². The smallest absolute Gasteiger partial charge is 0.123 e. The van der Waals surface area contributed by atoms with Gasteiger partial charge in [0, 0.05) is 34.9 Å². The number of hydrogen-bond donors (Lipinski definition) is 1. The fourth-order valence-corrected chi connectivity index (χ4v) is 2.40. The standard InChI is InChI=1S/C11H17NO3S/c1-14-5-6-16(13)8-9-7-10(12)3-4-11(9)15-2/h3-4,7H,5-6,8,12H2,1-2H3. The predicted octanol–water partition coefficient (Wildman–Crippen LogP) is 1.17. The highest BCUT2D eigenvalue weighted by Gasteiger charge is 2.07. The van der Waals surface area contributed by atoms with Crippen LogP contribution in [0, 0.1) is 0 Å². The second-order valence-electron chi connectivity index (χ2n) is 3.35. The maximum absolute atomic E-state index is 11.7. The first-order valence-electron chi connectivity index (χ1n) is 4.93. The van der Waals surface area contributed by atoms with E-state index in [1.54, 1.807) is 32.4 Å². The zero-order chi connectivity index (χ0) is 12.0. The first kappa shape index (κ1) is 13.0. The van der Waals surface area contributed by atoms with E-state index in [2.05, 4.69) is 0 Å². The minimum atomic E-state index is -0.952. The van der Waals surface area contributed by atoms with Crippen LogP contribution in [0.4, 0.5) is 5.69 Å². The molecule has 0 saturated heterocycles. The molecule has 0 aliphatic rings. The van der Waals surface area contributed by atoms with Crippen LogP contribution in [-0.2, 0) is 21.3 Å². The topological polar surface area (TPSA) is 61.5 Å². The van der Waals surface area contributed by atoms with Crippen LogP contribution in [-0.4, -0.2) is 30.8 Å². The Morgan fingerprint density at radius 2 is 2.12 bits per heavy atom. The number of hydrogen-bond acceptors (Lipinski definition) is 4. The minimum absolute atomic E-state index is 0.442. The van der Waals surface area contributed by atoms with Gasteiger partial charge in [-0.15, -0.1) is 0 Å². The summed E-state index contributed by atoms with van der Waals surface area (Å²) in [5.74, 6) is 1.69. The van der Waals surface area contributed by atoms with Gasteiger partial charge in [-0.3, -0.25) is 4.21 Å². The molecule has 0 fully saturated rings. The Kier molecular flexibility index (Phi) is 5.28. The van der Waals surface area contributed by atoms with Crippen molar-refractivity contribution >= 4 is 16.5 Å². The van der Waals surface area contributed by atoms with Crippen molar-refractivity contribution in [2.75, 3.05) is 32.3 Å². The Balaban J connectivity index is 2.71. The molecule has 0 heterocycles. The van der Waals surface area contributed by atoms with Crippen molar-refractivity contribution in [2.45, 2.75) is 5.75 Å². The summed E-state index contributed by atoms with van der Waals surface area (Å²) >= 11 is 0. The van der Waals surface area contributed by atoms with Gasteiger partial charge >= 0.3 is 0 Å². The van der Waals surface area contributed by atoms with Crippen molar-refractivity contribution < 1.29 is 13.7 Å². The summed E-state index contributed by atoms with van der Waals surface area (Å²) in [5.41, 5.74) is 7.20. The SMILES string of the molecule is COCCS(=O)Cc1cc(N)ccc1OC. The third-order valence-corrected chi connectivity index (χ3v) is 3.39.